The lowest BCUT2D eigenvalue weighted by Gasteiger charge is -2.27. The molecule has 0 spiro atoms. The summed E-state index contributed by atoms with van der Waals surface area (Å²) in [6.07, 6.45) is 0. The van der Waals surface area contributed by atoms with E-state index in [-0.39, 0.29) is 18.8 Å². The second-order valence-corrected chi connectivity index (χ2v) is 8.99. The van der Waals surface area contributed by atoms with Crippen molar-refractivity contribution in [3.8, 4) is 5.75 Å². The predicted molar refractivity (Wildman–Crippen MR) is 119 cm³/mol. The molecule has 9 heteroatoms. The number of anilines is 1. The normalized spacial score (nSPS) is 11.5. The average molecular weight is 446 g/mol. The van der Waals surface area contributed by atoms with Gasteiger partial charge < -0.3 is 10.1 Å². The first-order valence-electron chi connectivity index (χ1n) is 9.62. The first-order chi connectivity index (χ1) is 14.8. The summed E-state index contributed by atoms with van der Waals surface area (Å²) in [5.74, 6) is -0.620. The maximum Gasteiger partial charge on any atom is 0.304 e. The van der Waals surface area contributed by atoms with Gasteiger partial charge in [-0.25, -0.2) is 8.70 Å². The number of nitrogens with zero attached hydrogens (tertiary/aromatic N) is 2. The highest BCUT2D eigenvalue weighted by molar-refractivity contribution is 7.90. The van der Waals surface area contributed by atoms with Crippen LogP contribution in [-0.4, -0.2) is 52.4 Å². The number of fused-ring (bicyclic) bond motifs is 1. The summed E-state index contributed by atoms with van der Waals surface area (Å²) in [5, 5.41) is 4.62. The van der Waals surface area contributed by atoms with E-state index in [4.69, 9.17) is 4.74 Å². The molecule has 3 rings (SSSR count). The molecule has 0 unspecified atom stereocenters. The number of para-hydroxylation sites is 1. The van der Waals surface area contributed by atoms with Gasteiger partial charge >= 0.3 is 10.2 Å². The molecule has 1 amide bonds. The molecule has 164 valence electrons. The topological polar surface area (TPSA) is 79.0 Å². The number of benzene rings is 3. The number of hydrogen-bond acceptors (Lipinski definition) is 4. The molecule has 0 aromatic heterocycles. The van der Waals surface area contributed by atoms with Crippen LogP contribution in [0.15, 0.2) is 66.7 Å². The van der Waals surface area contributed by atoms with Crippen molar-refractivity contribution in [2.45, 2.75) is 0 Å². The van der Waals surface area contributed by atoms with E-state index in [0.29, 0.717) is 5.75 Å². The molecular formula is C22H24FN3O4S. The molecule has 0 bridgehead atoms. The van der Waals surface area contributed by atoms with Crippen LogP contribution in [0.25, 0.3) is 10.8 Å². The van der Waals surface area contributed by atoms with Crippen molar-refractivity contribution in [1.29, 1.82) is 0 Å². The van der Waals surface area contributed by atoms with Gasteiger partial charge in [-0.3, -0.25) is 4.79 Å². The van der Waals surface area contributed by atoms with E-state index in [2.05, 4.69) is 5.32 Å². The first kappa shape index (κ1) is 22.5. The third-order valence-electron chi connectivity index (χ3n) is 4.58. The monoisotopic (exact) mass is 445 g/mol. The second kappa shape index (κ2) is 9.76. The molecule has 3 aromatic rings. The Hall–Kier alpha value is -3.17. The molecule has 0 saturated carbocycles. The van der Waals surface area contributed by atoms with Crippen molar-refractivity contribution < 1.29 is 22.3 Å². The van der Waals surface area contributed by atoms with Gasteiger partial charge in [0, 0.05) is 19.5 Å². The number of hydrogen-bond donors (Lipinski definition) is 1. The summed E-state index contributed by atoms with van der Waals surface area (Å²) < 4.78 is 46.9. The van der Waals surface area contributed by atoms with Gasteiger partial charge in [0.25, 0.3) is 0 Å². The Labute approximate surface area is 181 Å². The van der Waals surface area contributed by atoms with Crippen LogP contribution >= 0.6 is 0 Å². The van der Waals surface area contributed by atoms with Crippen LogP contribution in [-0.2, 0) is 15.0 Å². The van der Waals surface area contributed by atoms with Crippen molar-refractivity contribution in [1.82, 2.24) is 9.62 Å². The van der Waals surface area contributed by atoms with E-state index >= 15 is 0 Å². The zero-order chi connectivity index (χ0) is 22.4. The SMILES string of the molecule is CN(C)S(=O)(=O)N(CC(=O)NCCOc1cccc2ccccc12)c1ccccc1F. The van der Waals surface area contributed by atoms with Crippen LogP contribution in [0.3, 0.4) is 0 Å². The quantitative estimate of drug-likeness (QED) is 0.514. The van der Waals surface area contributed by atoms with E-state index in [1.807, 2.05) is 42.5 Å². The van der Waals surface area contributed by atoms with Gasteiger partial charge in [0.15, 0.2) is 0 Å². The standard InChI is InChI=1S/C22H24FN3O4S/c1-25(2)31(28,29)26(20-12-6-5-11-19(20)23)16-22(27)24-14-15-30-21-13-7-9-17-8-3-4-10-18(17)21/h3-13H,14-16H2,1-2H3,(H,24,27). The van der Waals surface area contributed by atoms with Crippen LogP contribution in [0.4, 0.5) is 10.1 Å². The van der Waals surface area contributed by atoms with Crippen LogP contribution in [0.2, 0.25) is 0 Å². The van der Waals surface area contributed by atoms with Crippen LogP contribution in [0, 0.1) is 5.82 Å². The third-order valence-corrected chi connectivity index (χ3v) is 6.39. The Morgan fingerprint density at radius 1 is 1.00 bits per heavy atom. The summed E-state index contributed by atoms with van der Waals surface area (Å²) in [5.41, 5.74) is -0.196. The minimum absolute atomic E-state index is 0.162. The number of carbonyl (C=O) groups is 1. The molecule has 0 aliphatic carbocycles. The van der Waals surface area contributed by atoms with Crippen molar-refractivity contribution in [2.75, 3.05) is 38.1 Å². The smallest absolute Gasteiger partial charge is 0.304 e. The molecule has 31 heavy (non-hydrogen) atoms. The fourth-order valence-corrected chi connectivity index (χ4v) is 4.07. The van der Waals surface area contributed by atoms with Gasteiger partial charge in [-0.15, -0.1) is 0 Å². The minimum Gasteiger partial charge on any atom is -0.491 e. The zero-order valence-electron chi connectivity index (χ0n) is 17.3. The molecule has 0 atom stereocenters. The van der Waals surface area contributed by atoms with Crippen LogP contribution in [0.1, 0.15) is 0 Å². The van der Waals surface area contributed by atoms with Gasteiger partial charge in [0.1, 0.15) is 24.7 Å². The van der Waals surface area contributed by atoms with E-state index in [1.165, 1.54) is 32.3 Å². The average Bonchev–Trinajstić information content (AvgIpc) is 2.75. The van der Waals surface area contributed by atoms with Gasteiger partial charge in [-0.05, 0) is 23.6 Å². The lowest BCUT2D eigenvalue weighted by atomic mass is 10.1. The maximum atomic E-state index is 14.2. The lowest BCUT2D eigenvalue weighted by Crippen LogP contribution is -2.46. The zero-order valence-corrected chi connectivity index (χ0v) is 18.1. The molecule has 7 nitrogen and oxygen atoms in total. The number of nitrogens with one attached hydrogen (secondary N) is 1. The highest BCUT2D eigenvalue weighted by Crippen LogP contribution is 2.25. The Balaban J connectivity index is 1.63. The first-order valence-corrected chi connectivity index (χ1v) is 11.0. The number of halogens is 1. The number of amides is 1. The molecule has 0 aliphatic rings. The van der Waals surface area contributed by atoms with Crippen molar-refractivity contribution in [3.05, 3.63) is 72.5 Å². The highest BCUT2D eigenvalue weighted by Gasteiger charge is 2.29. The predicted octanol–water partition coefficient (Wildman–Crippen LogP) is 2.79. The van der Waals surface area contributed by atoms with Gasteiger partial charge in [0.05, 0.1) is 12.2 Å². The Morgan fingerprint density at radius 2 is 1.68 bits per heavy atom. The molecular weight excluding hydrogens is 421 g/mol. The second-order valence-electron chi connectivity index (χ2n) is 6.92. The minimum atomic E-state index is -4.07. The Morgan fingerprint density at radius 3 is 2.42 bits per heavy atom. The van der Waals surface area contributed by atoms with Crippen molar-refractivity contribution in [3.63, 3.8) is 0 Å². The summed E-state index contributed by atoms with van der Waals surface area (Å²) in [4.78, 5) is 12.4. The highest BCUT2D eigenvalue weighted by atomic mass is 32.2. The number of rotatable bonds is 9. The largest absolute Gasteiger partial charge is 0.491 e. The molecule has 0 aliphatic heterocycles. The summed E-state index contributed by atoms with van der Waals surface area (Å²) >= 11 is 0. The van der Waals surface area contributed by atoms with E-state index < -0.39 is 28.5 Å². The molecule has 0 saturated heterocycles. The van der Waals surface area contributed by atoms with Crippen molar-refractivity contribution >= 4 is 32.6 Å². The fraction of sp³-hybridized carbons (Fsp3) is 0.227. The van der Waals surface area contributed by atoms with Gasteiger partial charge in [-0.1, -0.05) is 48.5 Å². The van der Waals surface area contributed by atoms with Gasteiger partial charge in [-0.2, -0.15) is 12.7 Å². The molecule has 0 radical (unpaired) electrons. The van der Waals surface area contributed by atoms with Crippen molar-refractivity contribution in [2.24, 2.45) is 0 Å². The third kappa shape index (κ3) is 5.31. The summed E-state index contributed by atoms with van der Waals surface area (Å²) in [7, 11) is -1.44. The van der Waals surface area contributed by atoms with Gasteiger partial charge in [0.2, 0.25) is 5.91 Å². The lowest BCUT2D eigenvalue weighted by molar-refractivity contribution is -0.119. The van der Waals surface area contributed by atoms with E-state index in [9.17, 15) is 17.6 Å². The van der Waals surface area contributed by atoms with Crippen LogP contribution < -0.4 is 14.4 Å². The summed E-state index contributed by atoms with van der Waals surface area (Å²) in [6, 6.07) is 18.9. The Kier molecular flexibility index (Phi) is 7.09. The fourth-order valence-electron chi connectivity index (χ4n) is 3.00. The molecule has 0 fully saturated rings. The van der Waals surface area contributed by atoms with E-state index in [1.54, 1.807) is 0 Å². The van der Waals surface area contributed by atoms with E-state index in [0.717, 1.165) is 25.4 Å². The molecule has 1 N–H and O–H groups in total. The Bertz CT molecular complexity index is 1160. The number of ether oxygens (including phenoxy) is 1. The molecule has 3 aromatic carbocycles. The maximum absolute atomic E-state index is 14.2. The summed E-state index contributed by atoms with van der Waals surface area (Å²) in [6.45, 7) is -0.204. The van der Waals surface area contributed by atoms with Crippen LogP contribution in [0.5, 0.6) is 5.75 Å². The molecule has 0 heterocycles. The number of carbonyl (C=O) groups excluding carboxylic acids is 1.